The van der Waals surface area contributed by atoms with Crippen molar-refractivity contribution in [2.75, 3.05) is 13.7 Å². The van der Waals surface area contributed by atoms with Gasteiger partial charge >= 0.3 is 0 Å². The first-order valence-corrected chi connectivity index (χ1v) is 8.28. The number of benzene rings is 1. The van der Waals surface area contributed by atoms with Gasteiger partial charge in [-0.2, -0.15) is 5.10 Å². The number of ether oxygens (including phenoxy) is 1. The summed E-state index contributed by atoms with van der Waals surface area (Å²) in [5.74, 6) is 1.75. The van der Waals surface area contributed by atoms with E-state index in [2.05, 4.69) is 33.7 Å². The zero-order valence-corrected chi connectivity index (χ0v) is 14.8. The van der Waals surface area contributed by atoms with E-state index in [1.807, 2.05) is 36.9 Å². The van der Waals surface area contributed by atoms with Crippen LogP contribution in [0.1, 0.15) is 35.0 Å². The van der Waals surface area contributed by atoms with E-state index in [4.69, 9.17) is 4.74 Å². The number of rotatable bonds is 3. The largest absolute Gasteiger partial charge is 0.493 e. The molecule has 1 aromatic carbocycles. The van der Waals surface area contributed by atoms with Crippen LogP contribution in [0.4, 0.5) is 0 Å². The van der Waals surface area contributed by atoms with Gasteiger partial charge in [0.1, 0.15) is 5.75 Å². The number of guanidine groups is 1. The maximum atomic E-state index is 5.72. The number of fused-ring (bicyclic) bond motifs is 1. The molecule has 0 amide bonds. The molecule has 2 N–H and O–H groups in total. The van der Waals surface area contributed by atoms with Gasteiger partial charge < -0.3 is 15.4 Å². The average Bonchev–Trinajstić information content (AvgIpc) is 2.84. The maximum absolute atomic E-state index is 5.72. The average molecular weight is 327 g/mol. The van der Waals surface area contributed by atoms with Crippen molar-refractivity contribution in [3.05, 3.63) is 46.8 Å². The summed E-state index contributed by atoms with van der Waals surface area (Å²) >= 11 is 0. The fraction of sp³-hybridized carbons (Fsp3) is 0.444. The first-order chi connectivity index (χ1) is 11.6. The van der Waals surface area contributed by atoms with E-state index in [1.165, 1.54) is 16.8 Å². The second-order valence-corrected chi connectivity index (χ2v) is 6.07. The van der Waals surface area contributed by atoms with Crippen molar-refractivity contribution in [1.29, 1.82) is 0 Å². The SMILES string of the molecule is CN=C(NCc1c(C)nn(C)c1C)NC1CCOc2ccccc21. The van der Waals surface area contributed by atoms with Gasteiger partial charge in [-0.05, 0) is 19.9 Å². The van der Waals surface area contributed by atoms with Crippen LogP contribution in [0, 0.1) is 13.8 Å². The van der Waals surface area contributed by atoms with Crippen molar-refractivity contribution in [1.82, 2.24) is 20.4 Å². The molecule has 0 aliphatic carbocycles. The smallest absolute Gasteiger partial charge is 0.191 e. The molecule has 128 valence electrons. The molecule has 2 heterocycles. The Kier molecular flexibility index (Phi) is 4.74. The number of para-hydroxylation sites is 1. The highest BCUT2D eigenvalue weighted by Crippen LogP contribution is 2.31. The van der Waals surface area contributed by atoms with Gasteiger partial charge in [-0.15, -0.1) is 0 Å². The Labute approximate surface area is 142 Å². The molecule has 0 saturated carbocycles. The van der Waals surface area contributed by atoms with E-state index in [-0.39, 0.29) is 6.04 Å². The van der Waals surface area contributed by atoms with Gasteiger partial charge in [0.2, 0.25) is 0 Å². The lowest BCUT2D eigenvalue weighted by atomic mass is 10.0. The van der Waals surface area contributed by atoms with E-state index in [9.17, 15) is 0 Å². The molecule has 0 bridgehead atoms. The Morgan fingerprint density at radius 3 is 2.88 bits per heavy atom. The highest BCUT2D eigenvalue weighted by Gasteiger charge is 2.22. The van der Waals surface area contributed by atoms with Crippen LogP contribution in [0.2, 0.25) is 0 Å². The van der Waals surface area contributed by atoms with Crippen molar-refractivity contribution in [3.63, 3.8) is 0 Å². The van der Waals surface area contributed by atoms with Crippen LogP contribution in [0.3, 0.4) is 0 Å². The molecule has 2 aromatic rings. The summed E-state index contributed by atoms with van der Waals surface area (Å²) in [4.78, 5) is 4.36. The first-order valence-electron chi connectivity index (χ1n) is 8.28. The van der Waals surface area contributed by atoms with Crippen molar-refractivity contribution in [2.45, 2.75) is 32.9 Å². The summed E-state index contributed by atoms with van der Waals surface area (Å²) in [7, 11) is 3.77. The van der Waals surface area contributed by atoms with Gasteiger partial charge in [-0.25, -0.2) is 0 Å². The number of hydrogen-bond acceptors (Lipinski definition) is 3. The number of hydrogen-bond donors (Lipinski definition) is 2. The molecule has 1 aliphatic heterocycles. The Morgan fingerprint density at radius 2 is 2.17 bits per heavy atom. The van der Waals surface area contributed by atoms with Gasteiger partial charge in [-0.1, -0.05) is 18.2 Å². The van der Waals surface area contributed by atoms with Crippen LogP contribution >= 0.6 is 0 Å². The summed E-state index contributed by atoms with van der Waals surface area (Å²) in [6.07, 6.45) is 0.919. The molecular weight excluding hydrogens is 302 g/mol. The van der Waals surface area contributed by atoms with E-state index in [1.54, 1.807) is 7.05 Å². The molecule has 24 heavy (non-hydrogen) atoms. The van der Waals surface area contributed by atoms with E-state index in [0.717, 1.165) is 23.8 Å². The minimum absolute atomic E-state index is 0.206. The zero-order valence-electron chi connectivity index (χ0n) is 14.8. The third-order valence-corrected chi connectivity index (χ3v) is 4.58. The Hall–Kier alpha value is -2.50. The van der Waals surface area contributed by atoms with Crippen LogP contribution in [0.15, 0.2) is 29.3 Å². The fourth-order valence-electron chi connectivity index (χ4n) is 3.10. The van der Waals surface area contributed by atoms with E-state index in [0.29, 0.717) is 13.2 Å². The van der Waals surface area contributed by atoms with Crippen molar-refractivity contribution < 1.29 is 4.74 Å². The minimum Gasteiger partial charge on any atom is -0.493 e. The number of nitrogens with zero attached hydrogens (tertiary/aromatic N) is 3. The van der Waals surface area contributed by atoms with Gasteiger partial charge in [0.25, 0.3) is 0 Å². The van der Waals surface area contributed by atoms with E-state index >= 15 is 0 Å². The standard InChI is InChI=1S/C18H25N5O/c1-12-15(13(2)23(4)22-12)11-20-18(19-3)21-16-9-10-24-17-8-6-5-7-14(16)17/h5-8,16H,9-11H2,1-4H3,(H2,19,20,21). The molecule has 0 fully saturated rings. The summed E-state index contributed by atoms with van der Waals surface area (Å²) in [5, 5.41) is 11.4. The molecule has 1 atom stereocenters. The lowest BCUT2D eigenvalue weighted by Crippen LogP contribution is -2.40. The van der Waals surface area contributed by atoms with Crippen molar-refractivity contribution >= 4 is 5.96 Å². The Morgan fingerprint density at radius 1 is 1.38 bits per heavy atom. The van der Waals surface area contributed by atoms with E-state index < -0.39 is 0 Å². The third-order valence-electron chi connectivity index (χ3n) is 4.58. The molecule has 1 aromatic heterocycles. The monoisotopic (exact) mass is 327 g/mol. The predicted molar refractivity (Wildman–Crippen MR) is 95.3 cm³/mol. The molecule has 1 aliphatic rings. The first kappa shape index (κ1) is 16.4. The number of aryl methyl sites for hydroxylation is 2. The zero-order chi connectivity index (χ0) is 17.1. The van der Waals surface area contributed by atoms with Crippen LogP contribution in [0.25, 0.3) is 0 Å². The molecule has 3 rings (SSSR count). The lowest BCUT2D eigenvalue weighted by molar-refractivity contribution is 0.261. The molecule has 6 heteroatoms. The quantitative estimate of drug-likeness (QED) is 0.670. The van der Waals surface area contributed by atoms with Crippen LogP contribution in [0.5, 0.6) is 5.75 Å². The normalized spacial score (nSPS) is 17.2. The predicted octanol–water partition coefficient (Wildman–Crippen LogP) is 2.23. The van der Waals surface area contributed by atoms with Crippen molar-refractivity contribution in [2.24, 2.45) is 12.0 Å². The van der Waals surface area contributed by atoms with Crippen LogP contribution < -0.4 is 15.4 Å². The van der Waals surface area contributed by atoms with Gasteiger partial charge in [0.15, 0.2) is 5.96 Å². The van der Waals surface area contributed by atoms with Gasteiger partial charge in [-0.3, -0.25) is 9.67 Å². The Bertz CT molecular complexity index is 750. The van der Waals surface area contributed by atoms with Crippen LogP contribution in [-0.4, -0.2) is 29.4 Å². The molecule has 1 unspecified atom stereocenters. The molecule has 6 nitrogen and oxygen atoms in total. The molecular formula is C18H25N5O. The fourth-order valence-corrected chi connectivity index (χ4v) is 3.10. The number of aromatic nitrogens is 2. The van der Waals surface area contributed by atoms with Crippen molar-refractivity contribution in [3.8, 4) is 5.75 Å². The lowest BCUT2D eigenvalue weighted by Gasteiger charge is -2.28. The topological polar surface area (TPSA) is 63.5 Å². The highest BCUT2D eigenvalue weighted by molar-refractivity contribution is 5.80. The van der Waals surface area contributed by atoms with Crippen LogP contribution in [-0.2, 0) is 13.6 Å². The number of nitrogens with one attached hydrogen (secondary N) is 2. The number of aliphatic imine (C=N–C) groups is 1. The molecule has 0 spiro atoms. The second kappa shape index (κ2) is 6.95. The molecule has 0 saturated heterocycles. The van der Waals surface area contributed by atoms with Gasteiger partial charge in [0.05, 0.1) is 18.3 Å². The molecule has 0 radical (unpaired) electrons. The minimum atomic E-state index is 0.206. The summed E-state index contributed by atoms with van der Waals surface area (Å²) in [5.41, 5.74) is 4.62. The maximum Gasteiger partial charge on any atom is 0.191 e. The highest BCUT2D eigenvalue weighted by atomic mass is 16.5. The summed E-state index contributed by atoms with van der Waals surface area (Å²) in [6.45, 7) is 5.54. The summed E-state index contributed by atoms with van der Waals surface area (Å²) in [6, 6.07) is 8.37. The second-order valence-electron chi connectivity index (χ2n) is 6.07. The summed E-state index contributed by atoms with van der Waals surface area (Å²) < 4.78 is 7.64. The Balaban J connectivity index is 1.68. The third kappa shape index (κ3) is 3.22. The van der Waals surface area contributed by atoms with Gasteiger partial charge in [0, 0.05) is 43.9 Å².